The molecular weight excluding hydrogens is 325 g/mol. The van der Waals surface area contributed by atoms with Crippen LogP contribution in [0.5, 0.6) is 5.75 Å². The van der Waals surface area contributed by atoms with Crippen molar-refractivity contribution in [1.29, 1.82) is 0 Å². The van der Waals surface area contributed by atoms with Gasteiger partial charge in [0.05, 0.1) is 7.11 Å². The molecule has 24 heavy (non-hydrogen) atoms. The van der Waals surface area contributed by atoms with Gasteiger partial charge in [-0.1, -0.05) is 26.0 Å². The third kappa shape index (κ3) is 4.71. The zero-order chi connectivity index (χ0) is 17.6. The van der Waals surface area contributed by atoms with E-state index in [0.29, 0.717) is 12.5 Å². The number of halogens is 1. The van der Waals surface area contributed by atoms with Crippen LogP contribution in [0.4, 0.5) is 4.39 Å². The second-order valence-electron chi connectivity index (χ2n) is 6.11. The Bertz CT molecular complexity index is 684. The highest BCUT2D eigenvalue weighted by atomic mass is 32.1. The van der Waals surface area contributed by atoms with Gasteiger partial charge in [0.1, 0.15) is 0 Å². The molecule has 0 aliphatic carbocycles. The van der Waals surface area contributed by atoms with Crippen molar-refractivity contribution >= 4 is 17.3 Å². The Morgan fingerprint density at radius 2 is 2.08 bits per heavy atom. The maximum absolute atomic E-state index is 13.7. The van der Waals surface area contributed by atoms with Gasteiger partial charge in [-0.25, -0.2) is 4.39 Å². The lowest BCUT2D eigenvalue weighted by Gasteiger charge is -2.25. The number of hydrogen-bond donors (Lipinski definition) is 2. The van der Waals surface area contributed by atoms with Crippen LogP contribution in [0.3, 0.4) is 0 Å². The fourth-order valence-electron chi connectivity index (χ4n) is 2.28. The Balaban J connectivity index is 1.90. The van der Waals surface area contributed by atoms with E-state index >= 15 is 0 Å². The highest BCUT2D eigenvalue weighted by Gasteiger charge is 2.21. The number of benzene rings is 1. The third-order valence-corrected chi connectivity index (χ3v) is 5.02. The Morgan fingerprint density at radius 3 is 2.67 bits per heavy atom. The summed E-state index contributed by atoms with van der Waals surface area (Å²) in [4.78, 5) is 5.54. The lowest BCUT2D eigenvalue weighted by atomic mass is 9.91. The van der Waals surface area contributed by atoms with E-state index in [9.17, 15) is 4.39 Å². The third-order valence-electron chi connectivity index (χ3n) is 3.79. The first-order valence-corrected chi connectivity index (χ1v) is 8.65. The molecule has 0 aliphatic rings. The summed E-state index contributed by atoms with van der Waals surface area (Å²) in [7, 11) is 3.18. The lowest BCUT2D eigenvalue weighted by molar-refractivity contribution is 0.386. The van der Waals surface area contributed by atoms with Crippen LogP contribution >= 0.6 is 11.3 Å². The number of aliphatic imine (C=N–C) groups is 1. The van der Waals surface area contributed by atoms with Gasteiger partial charge in [-0.2, -0.15) is 0 Å². The van der Waals surface area contributed by atoms with Crippen LogP contribution in [-0.4, -0.2) is 26.7 Å². The Morgan fingerprint density at radius 1 is 1.29 bits per heavy atom. The molecule has 0 bridgehead atoms. The van der Waals surface area contributed by atoms with Gasteiger partial charge < -0.3 is 15.4 Å². The molecule has 2 rings (SSSR count). The van der Waals surface area contributed by atoms with Crippen molar-refractivity contribution in [3.8, 4) is 5.75 Å². The molecule has 0 amide bonds. The van der Waals surface area contributed by atoms with Crippen LogP contribution in [0.1, 0.15) is 24.3 Å². The summed E-state index contributed by atoms with van der Waals surface area (Å²) in [5.41, 5.74) is 0.839. The number of nitrogens with one attached hydrogen (secondary N) is 2. The SMILES string of the molecule is CN=C(NCc1ccc(OC)c(F)c1)NCC(C)(C)c1cccs1. The molecule has 130 valence electrons. The number of ether oxygens (including phenoxy) is 1. The molecule has 0 atom stereocenters. The quantitative estimate of drug-likeness (QED) is 0.619. The summed E-state index contributed by atoms with van der Waals surface area (Å²) >= 11 is 1.75. The van der Waals surface area contributed by atoms with Gasteiger partial charge in [0.2, 0.25) is 0 Å². The minimum Gasteiger partial charge on any atom is -0.494 e. The maximum atomic E-state index is 13.7. The van der Waals surface area contributed by atoms with Gasteiger partial charge >= 0.3 is 0 Å². The van der Waals surface area contributed by atoms with Crippen LogP contribution < -0.4 is 15.4 Å². The second kappa shape index (κ2) is 8.15. The normalized spacial score (nSPS) is 12.1. The molecule has 1 aromatic heterocycles. The molecule has 2 aromatic rings. The number of nitrogens with zero attached hydrogens (tertiary/aromatic N) is 1. The summed E-state index contributed by atoms with van der Waals surface area (Å²) in [6.45, 7) is 5.63. The predicted octanol–water partition coefficient (Wildman–Crippen LogP) is 3.54. The van der Waals surface area contributed by atoms with Crippen LogP contribution in [0, 0.1) is 5.82 Å². The first-order chi connectivity index (χ1) is 11.5. The summed E-state index contributed by atoms with van der Waals surface area (Å²) in [6, 6.07) is 9.13. The van der Waals surface area contributed by atoms with Crippen molar-refractivity contribution in [2.45, 2.75) is 25.8 Å². The van der Waals surface area contributed by atoms with Crippen LogP contribution in [0.25, 0.3) is 0 Å². The van der Waals surface area contributed by atoms with Gasteiger partial charge in [-0.15, -0.1) is 11.3 Å². The molecule has 0 unspecified atom stereocenters. The summed E-state index contributed by atoms with van der Waals surface area (Å²) in [6.07, 6.45) is 0. The fourth-order valence-corrected chi connectivity index (χ4v) is 3.13. The highest BCUT2D eigenvalue weighted by molar-refractivity contribution is 7.10. The topological polar surface area (TPSA) is 45.7 Å². The first-order valence-electron chi connectivity index (χ1n) is 7.77. The largest absolute Gasteiger partial charge is 0.494 e. The number of rotatable bonds is 6. The molecule has 0 aliphatic heterocycles. The summed E-state index contributed by atoms with van der Waals surface area (Å²) in [5.74, 6) is 0.577. The van der Waals surface area contributed by atoms with Crippen molar-refractivity contribution in [3.05, 3.63) is 52.0 Å². The van der Waals surface area contributed by atoms with Crippen molar-refractivity contribution in [3.63, 3.8) is 0 Å². The van der Waals surface area contributed by atoms with Crippen molar-refractivity contribution in [2.24, 2.45) is 4.99 Å². The first kappa shape index (κ1) is 18.3. The van der Waals surface area contributed by atoms with Gasteiger partial charge in [-0.05, 0) is 29.1 Å². The molecule has 1 heterocycles. The van der Waals surface area contributed by atoms with Crippen LogP contribution in [-0.2, 0) is 12.0 Å². The second-order valence-corrected chi connectivity index (χ2v) is 7.06. The van der Waals surface area contributed by atoms with Gasteiger partial charge in [0.25, 0.3) is 0 Å². The monoisotopic (exact) mass is 349 g/mol. The molecule has 0 spiro atoms. The van der Waals surface area contributed by atoms with Crippen molar-refractivity contribution in [2.75, 3.05) is 20.7 Å². The molecule has 0 saturated carbocycles. The van der Waals surface area contributed by atoms with E-state index in [-0.39, 0.29) is 17.0 Å². The molecule has 0 saturated heterocycles. The zero-order valence-corrected chi connectivity index (χ0v) is 15.3. The highest BCUT2D eigenvalue weighted by Crippen LogP contribution is 2.26. The van der Waals surface area contributed by atoms with Crippen molar-refractivity contribution < 1.29 is 9.13 Å². The molecule has 4 nitrogen and oxygen atoms in total. The van der Waals surface area contributed by atoms with E-state index in [1.54, 1.807) is 24.5 Å². The lowest BCUT2D eigenvalue weighted by Crippen LogP contribution is -2.42. The minimum absolute atomic E-state index is 0.0119. The number of guanidine groups is 1. The molecule has 6 heteroatoms. The van der Waals surface area contributed by atoms with Gasteiger partial charge in [0, 0.05) is 30.4 Å². The predicted molar refractivity (Wildman–Crippen MR) is 98.5 cm³/mol. The molecule has 0 radical (unpaired) electrons. The van der Waals surface area contributed by atoms with Gasteiger partial charge in [-0.3, -0.25) is 4.99 Å². The van der Waals surface area contributed by atoms with Crippen molar-refractivity contribution in [1.82, 2.24) is 10.6 Å². The van der Waals surface area contributed by atoms with Crippen LogP contribution in [0.2, 0.25) is 0 Å². The summed E-state index contributed by atoms with van der Waals surface area (Å²) < 4.78 is 18.6. The van der Waals surface area contributed by atoms with E-state index in [2.05, 4.69) is 47.0 Å². The number of methoxy groups -OCH3 is 1. The Kier molecular flexibility index (Phi) is 6.20. The van der Waals surface area contributed by atoms with Gasteiger partial charge in [0.15, 0.2) is 17.5 Å². The molecule has 0 fully saturated rings. The summed E-state index contributed by atoms with van der Waals surface area (Å²) in [5, 5.41) is 8.62. The average molecular weight is 349 g/mol. The zero-order valence-electron chi connectivity index (χ0n) is 14.5. The van der Waals surface area contributed by atoms with E-state index in [1.807, 2.05) is 6.07 Å². The van der Waals surface area contributed by atoms with E-state index in [1.165, 1.54) is 18.1 Å². The maximum Gasteiger partial charge on any atom is 0.191 e. The molecular formula is C18H24FN3OS. The van der Waals surface area contributed by atoms with Crippen LogP contribution in [0.15, 0.2) is 40.7 Å². The van der Waals surface area contributed by atoms with E-state index < -0.39 is 0 Å². The number of thiophene rings is 1. The van der Waals surface area contributed by atoms with E-state index in [4.69, 9.17) is 4.74 Å². The average Bonchev–Trinajstić information content (AvgIpc) is 3.10. The molecule has 1 aromatic carbocycles. The standard InChI is InChI=1S/C18H24FN3OS/c1-18(2,16-6-5-9-24-16)12-22-17(20-3)21-11-13-7-8-15(23-4)14(19)10-13/h5-10H,11-12H2,1-4H3,(H2,20,21,22). The Labute approximate surface area is 146 Å². The smallest absolute Gasteiger partial charge is 0.191 e. The Hall–Kier alpha value is -2.08. The molecule has 2 N–H and O–H groups in total. The minimum atomic E-state index is -0.362. The number of hydrogen-bond acceptors (Lipinski definition) is 3. The van der Waals surface area contributed by atoms with E-state index in [0.717, 1.165) is 12.1 Å². The fraction of sp³-hybridized carbons (Fsp3) is 0.389.